The Bertz CT molecular complexity index is 574. The van der Waals surface area contributed by atoms with Crippen LogP contribution in [0, 0.1) is 5.82 Å². The molecule has 2 rings (SSSR count). The van der Waals surface area contributed by atoms with Gasteiger partial charge in [0.1, 0.15) is 5.82 Å². The van der Waals surface area contributed by atoms with Crippen LogP contribution in [0.2, 0.25) is 0 Å². The molecule has 2 aromatic rings. The summed E-state index contributed by atoms with van der Waals surface area (Å²) in [4.78, 5) is 2.07. The normalized spacial score (nSPS) is 10.5. The molecule has 19 heavy (non-hydrogen) atoms. The van der Waals surface area contributed by atoms with Crippen LogP contribution in [0.25, 0.3) is 0 Å². The third-order valence-electron chi connectivity index (χ3n) is 2.91. The summed E-state index contributed by atoms with van der Waals surface area (Å²) >= 11 is 9.33. The number of alkyl halides is 1. The molecule has 0 atom stereocenters. The first-order chi connectivity index (χ1) is 9.10. The molecule has 0 aliphatic rings. The van der Waals surface area contributed by atoms with Gasteiger partial charge in [0.05, 0.1) is 0 Å². The Balaban J connectivity index is 2.22. The van der Waals surface area contributed by atoms with E-state index in [0.29, 0.717) is 5.88 Å². The fourth-order valence-corrected chi connectivity index (χ4v) is 2.69. The Morgan fingerprint density at radius 3 is 2.68 bits per heavy atom. The van der Waals surface area contributed by atoms with Crippen molar-refractivity contribution in [1.29, 1.82) is 0 Å². The first-order valence-electron chi connectivity index (χ1n) is 5.90. The quantitative estimate of drug-likeness (QED) is 0.710. The monoisotopic (exact) mass is 341 g/mol. The third kappa shape index (κ3) is 3.71. The van der Waals surface area contributed by atoms with Crippen LogP contribution in [0.1, 0.15) is 11.1 Å². The Kier molecular flexibility index (Phi) is 4.83. The van der Waals surface area contributed by atoms with E-state index >= 15 is 0 Å². The van der Waals surface area contributed by atoms with Crippen molar-refractivity contribution in [3.8, 4) is 0 Å². The van der Waals surface area contributed by atoms with Crippen molar-refractivity contribution in [2.24, 2.45) is 0 Å². The second-order valence-corrected chi connectivity index (χ2v) is 5.58. The molecule has 0 saturated carbocycles. The van der Waals surface area contributed by atoms with Gasteiger partial charge in [-0.3, -0.25) is 0 Å². The third-order valence-corrected chi connectivity index (χ3v) is 3.69. The first-order valence-corrected chi connectivity index (χ1v) is 7.23. The van der Waals surface area contributed by atoms with Crippen molar-refractivity contribution in [3.63, 3.8) is 0 Å². The average Bonchev–Trinajstić information content (AvgIpc) is 2.38. The molecule has 2 aromatic carbocycles. The highest BCUT2D eigenvalue weighted by Crippen LogP contribution is 2.24. The van der Waals surface area contributed by atoms with E-state index in [4.69, 9.17) is 11.6 Å². The minimum absolute atomic E-state index is 0.254. The van der Waals surface area contributed by atoms with Crippen LogP contribution in [0.15, 0.2) is 46.9 Å². The van der Waals surface area contributed by atoms with Crippen molar-refractivity contribution in [3.05, 3.63) is 63.9 Å². The van der Waals surface area contributed by atoms with Crippen LogP contribution >= 0.6 is 27.5 Å². The topological polar surface area (TPSA) is 3.24 Å². The second kappa shape index (κ2) is 6.40. The molecule has 0 spiro atoms. The van der Waals surface area contributed by atoms with Crippen molar-refractivity contribution in [1.82, 2.24) is 0 Å². The summed E-state index contributed by atoms with van der Waals surface area (Å²) in [6.45, 7) is 0.745. The van der Waals surface area contributed by atoms with Gasteiger partial charge in [-0.05, 0) is 41.5 Å². The molecule has 4 heteroatoms. The fraction of sp³-hybridized carbons (Fsp3) is 0.200. The lowest BCUT2D eigenvalue weighted by atomic mass is 10.1. The van der Waals surface area contributed by atoms with E-state index in [-0.39, 0.29) is 5.82 Å². The molecule has 0 radical (unpaired) electrons. The molecule has 0 N–H and O–H groups in total. The largest absolute Gasteiger partial charge is 0.370 e. The predicted molar refractivity (Wildman–Crippen MR) is 82.2 cm³/mol. The Hall–Kier alpha value is -1.06. The van der Waals surface area contributed by atoms with Crippen molar-refractivity contribution in [2.45, 2.75) is 12.4 Å². The van der Waals surface area contributed by atoms with Gasteiger partial charge < -0.3 is 4.90 Å². The zero-order valence-electron chi connectivity index (χ0n) is 10.5. The maximum Gasteiger partial charge on any atom is 0.123 e. The summed E-state index contributed by atoms with van der Waals surface area (Å²) < 4.78 is 14.2. The summed E-state index contributed by atoms with van der Waals surface area (Å²) in [7, 11) is 1.98. The molecular formula is C15H14BrClFN. The maximum absolute atomic E-state index is 13.2. The zero-order chi connectivity index (χ0) is 13.8. The van der Waals surface area contributed by atoms with Crippen LogP contribution in [0.3, 0.4) is 0 Å². The smallest absolute Gasteiger partial charge is 0.123 e. The summed E-state index contributed by atoms with van der Waals surface area (Å²) in [6, 6.07) is 12.8. The van der Waals surface area contributed by atoms with Gasteiger partial charge in [0.25, 0.3) is 0 Å². The highest BCUT2D eigenvalue weighted by Gasteiger charge is 2.08. The SMILES string of the molecule is CN(Cc1cccc(Br)c1)c1ccc(F)cc1CCl. The number of benzene rings is 2. The summed E-state index contributed by atoms with van der Waals surface area (Å²) in [6.07, 6.45) is 0. The molecule has 0 aliphatic heterocycles. The van der Waals surface area contributed by atoms with Crippen LogP contribution < -0.4 is 4.90 Å². The number of rotatable bonds is 4. The lowest BCUT2D eigenvalue weighted by Crippen LogP contribution is -2.17. The summed E-state index contributed by atoms with van der Waals surface area (Å²) in [5.41, 5.74) is 2.94. The van der Waals surface area contributed by atoms with Crippen molar-refractivity contribution >= 4 is 33.2 Å². The fourth-order valence-electron chi connectivity index (χ4n) is 2.03. The van der Waals surface area contributed by atoms with Crippen molar-refractivity contribution in [2.75, 3.05) is 11.9 Å². The van der Waals surface area contributed by atoms with Crippen LogP contribution in [-0.4, -0.2) is 7.05 Å². The molecular weight excluding hydrogens is 329 g/mol. The summed E-state index contributed by atoms with van der Waals surface area (Å²) in [5.74, 6) is 0.0471. The minimum Gasteiger partial charge on any atom is -0.370 e. The number of hydrogen-bond acceptors (Lipinski definition) is 1. The van der Waals surface area contributed by atoms with Gasteiger partial charge in [0.15, 0.2) is 0 Å². The molecule has 0 amide bonds. The van der Waals surface area contributed by atoms with Gasteiger partial charge in [0, 0.05) is 29.6 Å². The Morgan fingerprint density at radius 2 is 2.00 bits per heavy atom. The van der Waals surface area contributed by atoms with Gasteiger partial charge >= 0.3 is 0 Å². The number of nitrogens with zero attached hydrogens (tertiary/aromatic N) is 1. The van der Waals surface area contributed by atoms with E-state index in [9.17, 15) is 4.39 Å². The standard InChI is InChI=1S/C15H14BrClFN/c1-19(10-11-3-2-4-13(16)7-11)15-6-5-14(18)8-12(15)9-17/h2-8H,9-10H2,1H3. The molecule has 0 fully saturated rings. The van der Waals surface area contributed by atoms with Crippen LogP contribution in [0.4, 0.5) is 10.1 Å². The number of hydrogen-bond donors (Lipinski definition) is 0. The molecule has 0 bridgehead atoms. The minimum atomic E-state index is -0.254. The molecule has 0 saturated heterocycles. The Morgan fingerprint density at radius 1 is 1.21 bits per heavy atom. The van der Waals surface area contributed by atoms with Crippen molar-refractivity contribution < 1.29 is 4.39 Å². The molecule has 0 heterocycles. The lowest BCUT2D eigenvalue weighted by molar-refractivity contribution is 0.626. The van der Waals surface area contributed by atoms with Crippen LogP contribution in [0.5, 0.6) is 0 Å². The molecule has 0 aliphatic carbocycles. The van der Waals surface area contributed by atoms with E-state index in [2.05, 4.69) is 33.0 Å². The molecule has 100 valence electrons. The van der Waals surface area contributed by atoms with Gasteiger partial charge in [-0.15, -0.1) is 11.6 Å². The number of halogens is 3. The van der Waals surface area contributed by atoms with E-state index in [1.807, 2.05) is 19.2 Å². The maximum atomic E-state index is 13.2. The lowest BCUT2D eigenvalue weighted by Gasteiger charge is -2.22. The van der Waals surface area contributed by atoms with Gasteiger partial charge in [-0.1, -0.05) is 28.1 Å². The van der Waals surface area contributed by atoms with E-state index in [1.54, 1.807) is 6.07 Å². The average molecular weight is 343 g/mol. The second-order valence-electron chi connectivity index (χ2n) is 4.39. The first kappa shape index (κ1) is 14.4. The Labute approximate surface area is 126 Å². The van der Waals surface area contributed by atoms with Gasteiger partial charge in [-0.2, -0.15) is 0 Å². The van der Waals surface area contributed by atoms with E-state index in [1.165, 1.54) is 17.7 Å². The van der Waals surface area contributed by atoms with Gasteiger partial charge in [0.2, 0.25) is 0 Å². The molecule has 0 aromatic heterocycles. The van der Waals surface area contributed by atoms with E-state index in [0.717, 1.165) is 22.3 Å². The molecule has 1 nitrogen and oxygen atoms in total. The highest BCUT2D eigenvalue weighted by atomic mass is 79.9. The predicted octanol–water partition coefficient (Wildman–Crippen LogP) is 4.96. The molecule has 0 unspecified atom stereocenters. The zero-order valence-corrected chi connectivity index (χ0v) is 12.9. The number of anilines is 1. The van der Waals surface area contributed by atoms with Gasteiger partial charge in [-0.25, -0.2) is 4.39 Å². The summed E-state index contributed by atoms with van der Waals surface area (Å²) in [5, 5.41) is 0. The highest BCUT2D eigenvalue weighted by molar-refractivity contribution is 9.10. The van der Waals surface area contributed by atoms with E-state index < -0.39 is 0 Å². The van der Waals surface area contributed by atoms with Crippen LogP contribution in [-0.2, 0) is 12.4 Å².